The Morgan fingerprint density at radius 1 is 1.18 bits per heavy atom. The molecule has 3 heterocycles. The van der Waals surface area contributed by atoms with E-state index in [4.69, 9.17) is 0 Å². The second-order valence-electron chi connectivity index (χ2n) is 5.99. The van der Waals surface area contributed by atoms with Gasteiger partial charge in [-0.25, -0.2) is 0 Å². The van der Waals surface area contributed by atoms with Crippen LogP contribution in [0.4, 0.5) is 5.69 Å². The van der Waals surface area contributed by atoms with E-state index >= 15 is 0 Å². The first-order valence-electron chi connectivity index (χ1n) is 6.88. The first kappa shape index (κ1) is 9.95. The summed E-state index contributed by atoms with van der Waals surface area (Å²) in [4.78, 5) is 5.17. The van der Waals surface area contributed by atoms with Gasteiger partial charge in [0, 0.05) is 37.8 Å². The second kappa shape index (κ2) is 3.49. The summed E-state index contributed by atoms with van der Waals surface area (Å²) in [6, 6.07) is 7.00. The summed E-state index contributed by atoms with van der Waals surface area (Å²) in [6.45, 7) is 5.11. The fourth-order valence-corrected chi connectivity index (χ4v) is 4.16. The molecule has 0 amide bonds. The van der Waals surface area contributed by atoms with Crippen LogP contribution in [0.5, 0.6) is 0 Å². The Balaban J connectivity index is 1.86. The molecule has 0 N–H and O–H groups in total. The first-order chi connectivity index (χ1) is 8.33. The van der Waals surface area contributed by atoms with Crippen molar-refractivity contribution in [2.24, 2.45) is 5.92 Å². The van der Waals surface area contributed by atoms with Crippen LogP contribution in [0.25, 0.3) is 0 Å². The standard InChI is InChI=1S/C15H20N2/c1-16-8-12-9-17-7-3-5-11-4-2-6-13(15(11)17)14(12)10-16/h2,4,6,12,14H,3,5,7-10H2,1H3/t12-,14-/m1/s1. The topological polar surface area (TPSA) is 6.48 Å². The molecule has 0 unspecified atom stereocenters. The number of likely N-dealkylation sites (N-methyl/N-ethyl adjacent to an activating group) is 1. The minimum Gasteiger partial charge on any atom is -0.371 e. The third kappa shape index (κ3) is 1.37. The van der Waals surface area contributed by atoms with Crippen molar-refractivity contribution < 1.29 is 0 Å². The highest BCUT2D eigenvalue weighted by molar-refractivity contribution is 5.64. The zero-order valence-electron chi connectivity index (χ0n) is 10.5. The zero-order chi connectivity index (χ0) is 11.4. The highest BCUT2D eigenvalue weighted by Gasteiger charge is 2.40. The van der Waals surface area contributed by atoms with Gasteiger partial charge in [0.1, 0.15) is 0 Å². The van der Waals surface area contributed by atoms with Crippen LogP contribution in [0.3, 0.4) is 0 Å². The lowest BCUT2D eigenvalue weighted by Crippen LogP contribution is -2.40. The van der Waals surface area contributed by atoms with Crippen LogP contribution >= 0.6 is 0 Å². The van der Waals surface area contributed by atoms with Crippen molar-refractivity contribution in [2.75, 3.05) is 38.1 Å². The molecular weight excluding hydrogens is 208 g/mol. The number of para-hydroxylation sites is 1. The maximum absolute atomic E-state index is 2.66. The quantitative estimate of drug-likeness (QED) is 0.671. The van der Waals surface area contributed by atoms with Crippen molar-refractivity contribution in [3.63, 3.8) is 0 Å². The van der Waals surface area contributed by atoms with E-state index in [1.54, 1.807) is 16.8 Å². The maximum atomic E-state index is 2.66. The van der Waals surface area contributed by atoms with E-state index in [1.165, 1.54) is 39.0 Å². The van der Waals surface area contributed by atoms with E-state index in [2.05, 4.69) is 35.0 Å². The van der Waals surface area contributed by atoms with Gasteiger partial charge >= 0.3 is 0 Å². The average molecular weight is 228 g/mol. The van der Waals surface area contributed by atoms with E-state index in [1.807, 2.05) is 0 Å². The summed E-state index contributed by atoms with van der Waals surface area (Å²) >= 11 is 0. The number of rotatable bonds is 0. The van der Waals surface area contributed by atoms with E-state index in [0.29, 0.717) is 0 Å². The average Bonchev–Trinajstić information content (AvgIpc) is 2.70. The third-order valence-electron chi connectivity index (χ3n) is 4.82. The number of aryl methyl sites for hydroxylation is 1. The lowest BCUT2D eigenvalue weighted by atomic mass is 9.80. The van der Waals surface area contributed by atoms with Gasteiger partial charge in [0.05, 0.1) is 0 Å². The molecular formula is C15H20N2. The molecule has 2 heteroatoms. The molecule has 3 aliphatic rings. The molecule has 0 aliphatic carbocycles. The van der Waals surface area contributed by atoms with Crippen LogP contribution in [0, 0.1) is 5.92 Å². The smallest absolute Gasteiger partial charge is 0.0434 e. The molecule has 1 aromatic rings. The summed E-state index contributed by atoms with van der Waals surface area (Å²) in [5.74, 6) is 1.66. The highest BCUT2D eigenvalue weighted by atomic mass is 15.2. The first-order valence-corrected chi connectivity index (χ1v) is 6.88. The number of fused-ring (bicyclic) bond motifs is 2. The van der Waals surface area contributed by atoms with E-state index in [-0.39, 0.29) is 0 Å². The minimum absolute atomic E-state index is 0.796. The van der Waals surface area contributed by atoms with Crippen molar-refractivity contribution >= 4 is 5.69 Å². The van der Waals surface area contributed by atoms with Gasteiger partial charge in [-0.1, -0.05) is 18.2 Å². The van der Waals surface area contributed by atoms with Crippen molar-refractivity contribution in [1.82, 2.24) is 4.90 Å². The van der Waals surface area contributed by atoms with Crippen LogP contribution in [0.2, 0.25) is 0 Å². The Morgan fingerprint density at radius 2 is 2.12 bits per heavy atom. The Hall–Kier alpha value is -1.02. The largest absolute Gasteiger partial charge is 0.371 e. The van der Waals surface area contributed by atoms with Crippen molar-refractivity contribution in [3.05, 3.63) is 29.3 Å². The third-order valence-corrected chi connectivity index (χ3v) is 4.82. The number of hydrogen-bond acceptors (Lipinski definition) is 2. The number of likely N-dealkylation sites (tertiary alicyclic amines) is 1. The second-order valence-corrected chi connectivity index (χ2v) is 5.99. The van der Waals surface area contributed by atoms with Crippen molar-refractivity contribution in [2.45, 2.75) is 18.8 Å². The van der Waals surface area contributed by atoms with Crippen molar-refractivity contribution in [3.8, 4) is 0 Å². The predicted molar refractivity (Wildman–Crippen MR) is 70.7 cm³/mol. The number of benzene rings is 1. The van der Waals surface area contributed by atoms with Gasteiger partial charge in [-0.15, -0.1) is 0 Å². The summed E-state index contributed by atoms with van der Waals surface area (Å²) in [5.41, 5.74) is 4.85. The van der Waals surface area contributed by atoms with Crippen LogP contribution in [-0.4, -0.2) is 38.1 Å². The Bertz CT molecular complexity index is 454. The van der Waals surface area contributed by atoms with Gasteiger partial charge < -0.3 is 9.80 Å². The van der Waals surface area contributed by atoms with Crippen LogP contribution in [0.15, 0.2) is 18.2 Å². The fourth-order valence-electron chi connectivity index (χ4n) is 4.16. The maximum Gasteiger partial charge on any atom is 0.0434 e. The normalized spacial score (nSPS) is 31.2. The predicted octanol–water partition coefficient (Wildman–Crippen LogP) is 2.10. The van der Waals surface area contributed by atoms with Crippen LogP contribution in [-0.2, 0) is 6.42 Å². The van der Waals surface area contributed by atoms with E-state index < -0.39 is 0 Å². The van der Waals surface area contributed by atoms with Crippen LogP contribution in [0.1, 0.15) is 23.5 Å². The molecule has 1 fully saturated rings. The summed E-state index contributed by atoms with van der Waals surface area (Å²) in [6.07, 6.45) is 2.62. The van der Waals surface area contributed by atoms with Gasteiger partial charge in [-0.05, 0) is 36.9 Å². The van der Waals surface area contributed by atoms with Gasteiger partial charge in [-0.3, -0.25) is 0 Å². The molecule has 0 saturated carbocycles. The molecule has 0 aromatic heterocycles. The monoisotopic (exact) mass is 228 g/mol. The molecule has 0 spiro atoms. The lowest BCUT2D eigenvalue weighted by molar-refractivity contribution is 0.393. The fraction of sp³-hybridized carbons (Fsp3) is 0.600. The molecule has 17 heavy (non-hydrogen) atoms. The zero-order valence-corrected chi connectivity index (χ0v) is 10.5. The van der Waals surface area contributed by atoms with E-state index in [0.717, 1.165) is 11.8 Å². The minimum atomic E-state index is 0.796. The Labute approximate surface area is 103 Å². The molecule has 1 saturated heterocycles. The Kier molecular flexibility index (Phi) is 2.04. The van der Waals surface area contributed by atoms with Gasteiger partial charge in [0.2, 0.25) is 0 Å². The summed E-state index contributed by atoms with van der Waals surface area (Å²) < 4.78 is 0. The molecule has 2 nitrogen and oxygen atoms in total. The molecule has 3 aliphatic heterocycles. The summed E-state index contributed by atoms with van der Waals surface area (Å²) in [7, 11) is 2.27. The number of nitrogens with zero attached hydrogens (tertiary/aromatic N) is 2. The molecule has 90 valence electrons. The van der Waals surface area contributed by atoms with E-state index in [9.17, 15) is 0 Å². The Morgan fingerprint density at radius 3 is 3.06 bits per heavy atom. The number of hydrogen-bond donors (Lipinski definition) is 0. The molecule has 0 bridgehead atoms. The highest BCUT2D eigenvalue weighted by Crippen LogP contribution is 2.45. The van der Waals surface area contributed by atoms with Crippen LogP contribution < -0.4 is 4.90 Å². The van der Waals surface area contributed by atoms with Gasteiger partial charge in [-0.2, -0.15) is 0 Å². The van der Waals surface area contributed by atoms with Gasteiger partial charge in [0.15, 0.2) is 0 Å². The summed E-state index contributed by atoms with van der Waals surface area (Å²) in [5, 5.41) is 0. The molecule has 1 aromatic carbocycles. The SMILES string of the molecule is CN1C[C@@H]2CN3CCCc4cccc(c43)[C@@H]2C1. The van der Waals surface area contributed by atoms with Crippen molar-refractivity contribution in [1.29, 1.82) is 0 Å². The molecule has 2 atom stereocenters. The molecule has 4 rings (SSSR count). The lowest BCUT2D eigenvalue weighted by Gasteiger charge is -2.41. The number of anilines is 1. The van der Waals surface area contributed by atoms with Gasteiger partial charge in [0.25, 0.3) is 0 Å². The molecule has 0 radical (unpaired) electrons.